The van der Waals surface area contributed by atoms with Crippen LogP contribution >= 0.6 is 0 Å². The predicted molar refractivity (Wildman–Crippen MR) is 129 cm³/mol. The van der Waals surface area contributed by atoms with E-state index in [0.29, 0.717) is 60.6 Å². The molecule has 1 aliphatic rings. The Morgan fingerprint density at radius 2 is 1.92 bits per heavy atom. The molecule has 0 aliphatic carbocycles. The number of halogens is 3. The van der Waals surface area contributed by atoms with Crippen molar-refractivity contribution in [3.8, 4) is 17.2 Å². The Morgan fingerprint density at radius 1 is 1.19 bits per heavy atom. The number of morpholine rings is 1. The number of nitrogens with zero attached hydrogens (tertiary/aromatic N) is 5. The number of alkyl halides is 3. The fraction of sp³-hybridized carbons (Fsp3) is 0.320. The number of rotatable bonds is 5. The van der Waals surface area contributed by atoms with E-state index >= 15 is 0 Å². The zero-order valence-electron chi connectivity index (χ0n) is 20.1. The molecule has 12 heteroatoms. The summed E-state index contributed by atoms with van der Waals surface area (Å²) in [5.41, 5.74) is -0.578. The van der Waals surface area contributed by atoms with Crippen molar-refractivity contribution in [2.45, 2.75) is 26.6 Å². The molecule has 0 aromatic carbocycles. The van der Waals surface area contributed by atoms with E-state index in [1.165, 1.54) is 13.1 Å². The van der Waals surface area contributed by atoms with Gasteiger partial charge in [0, 0.05) is 48.8 Å². The lowest BCUT2D eigenvalue weighted by Gasteiger charge is -2.28. The zero-order valence-corrected chi connectivity index (χ0v) is 20.1. The van der Waals surface area contributed by atoms with E-state index in [0.717, 1.165) is 10.8 Å². The highest BCUT2D eigenvalue weighted by Gasteiger charge is 2.35. The van der Waals surface area contributed by atoms with Crippen LogP contribution in [-0.4, -0.2) is 46.7 Å². The number of ether oxygens (including phenoxy) is 1. The number of hydrogen-bond acceptors (Lipinski definition) is 7. The Morgan fingerprint density at radius 3 is 2.57 bits per heavy atom. The minimum absolute atomic E-state index is 0.0338. The maximum Gasteiger partial charge on any atom is 0.421 e. The van der Waals surface area contributed by atoms with E-state index in [2.05, 4.69) is 21.4 Å². The van der Waals surface area contributed by atoms with Gasteiger partial charge in [0.05, 0.1) is 36.2 Å². The molecular formula is C25H23F3N6O3. The zero-order chi connectivity index (χ0) is 26.7. The van der Waals surface area contributed by atoms with E-state index in [9.17, 15) is 28.0 Å². The van der Waals surface area contributed by atoms with Crippen LogP contribution in [0, 0.1) is 18.3 Å². The van der Waals surface area contributed by atoms with Crippen molar-refractivity contribution in [2.24, 2.45) is 0 Å². The van der Waals surface area contributed by atoms with Gasteiger partial charge in [0.1, 0.15) is 17.5 Å². The molecule has 9 nitrogen and oxygen atoms in total. The smallest absolute Gasteiger partial charge is 0.378 e. The average Bonchev–Trinajstić information content (AvgIpc) is 2.89. The molecule has 0 atom stereocenters. The molecule has 0 saturated carbocycles. The van der Waals surface area contributed by atoms with Gasteiger partial charge in [-0.25, -0.2) is 4.98 Å². The first-order valence-corrected chi connectivity index (χ1v) is 11.4. The van der Waals surface area contributed by atoms with Gasteiger partial charge in [-0.15, -0.1) is 0 Å². The SMILES string of the molecule is CCn1cc(C(=O)Nc2cnc(C)c(-c3cnc(N4CCOCC4)c(C#N)c3)c2)cc(C(F)(F)F)c1=O. The lowest BCUT2D eigenvalue weighted by Crippen LogP contribution is -2.37. The summed E-state index contributed by atoms with van der Waals surface area (Å²) in [6.07, 6.45) is -0.837. The summed E-state index contributed by atoms with van der Waals surface area (Å²) in [6, 6.07) is 6.00. The van der Waals surface area contributed by atoms with Gasteiger partial charge >= 0.3 is 6.18 Å². The fourth-order valence-corrected chi connectivity index (χ4v) is 4.01. The quantitative estimate of drug-likeness (QED) is 0.556. The Bertz CT molecular complexity index is 1440. The molecule has 1 aliphatic heterocycles. The molecule has 1 N–H and O–H groups in total. The van der Waals surface area contributed by atoms with Crippen LogP contribution in [0.15, 0.2) is 41.6 Å². The van der Waals surface area contributed by atoms with E-state index < -0.39 is 23.2 Å². The second-order valence-corrected chi connectivity index (χ2v) is 8.35. The maximum atomic E-state index is 13.3. The molecule has 0 bridgehead atoms. The third-order valence-electron chi connectivity index (χ3n) is 5.95. The van der Waals surface area contributed by atoms with Crippen molar-refractivity contribution < 1.29 is 22.7 Å². The van der Waals surface area contributed by atoms with Crippen LogP contribution in [0.25, 0.3) is 11.1 Å². The normalized spacial score (nSPS) is 13.8. The number of nitrogens with one attached hydrogen (secondary N) is 1. The number of aryl methyl sites for hydroxylation is 2. The molecule has 0 spiro atoms. The monoisotopic (exact) mass is 512 g/mol. The summed E-state index contributed by atoms with van der Waals surface area (Å²) in [7, 11) is 0. The summed E-state index contributed by atoms with van der Waals surface area (Å²) < 4.78 is 46.2. The summed E-state index contributed by atoms with van der Waals surface area (Å²) in [6.45, 7) is 5.53. The maximum absolute atomic E-state index is 13.3. The van der Waals surface area contributed by atoms with Gasteiger partial charge < -0.3 is 19.5 Å². The van der Waals surface area contributed by atoms with Gasteiger partial charge in [-0.05, 0) is 32.0 Å². The van der Waals surface area contributed by atoms with Crippen molar-refractivity contribution >= 4 is 17.4 Å². The van der Waals surface area contributed by atoms with E-state index in [1.54, 1.807) is 25.3 Å². The van der Waals surface area contributed by atoms with Gasteiger partial charge in [-0.2, -0.15) is 18.4 Å². The van der Waals surface area contributed by atoms with E-state index in [1.807, 2.05) is 4.90 Å². The molecule has 192 valence electrons. The van der Waals surface area contributed by atoms with Crippen molar-refractivity contribution in [2.75, 3.05) is 36.5 Å². The fourth-order valence-electron chi connectivity index (χ4n) is 4.01. The Balaban J connectivity index is 1.65. The van der Waals surface area contributed by atoms with Crippen molar-refractivity contribution in [3.05, 3.63) is 69.5 Å². The van der Waals surface area contributed by atoms with Crippen LogP contribution in [-0.2, 0) is 17.5 Å². The molecule has 37 heavy (non-hydrogen) atoms. The number of carbonyl (C=O) groups is 1. The van der Waals surface area contributed by atoms with Crippen LogP contribution in [0.4, 0.5) is 24.7 Å². The van der Waals surface area contributed by atoms with Crippen LogP contribution in [0.3, 0.4) is 0 Å². The second-order valence-electron chi connectivity index (χ2n) is 8.35. The van der Waals surface area contributed by atoms with Crippen molar-refractivity contribution in [3.63, 3.8) is 0 Å². The number of amides is 1. The summed E-state index contributed by atoms with van der Waals surface area (Å²) in [4.78, 5) is 35.6. The highest BCUT2D eigenvalue weighted by Crippen LogP contribution is 2.30. The van der Waals surface area contributed by atoms with Gasteiger partial charge in [-0.1, -0.05) is 0 Å². The minimum Gasteiger partial charge on any atom is -0.378 e. The second kappa shape index (κ2) is 10.4. The van der Waals surface area contributed by atoms with Crippen LogP contribution in [0.1, 0.15) is 34.1 Å². The Hall–Kier alpha value is -4.24. The topological polar surface area (TPSA) is 113 Å². The number of nitriles is 1. The van der Waals surface area contributed by atoms with Crippen LogP contribution in [0.2, 0.25) is 0 Å². The van der Waals surface area contributed by atoms with E-state index in [4.69, 9.17) is 4.74 Å². The van der Waals surface area contributed by atoms with E-state index in [-0.39, 0.29) is 17.8 Å². The first kappa shape index (κ1) is 25.8. The minimum atomic E-state index is -4.90. The van der Waals surface area contributed by atoms with Crippen LogP contribution < -0.4 is 15.8 Å². The van der Waals surface area contributed by atoms with Gasteiger partial charge in [-0.3, -0.25) is 14.6 Å². The standard InChI is InChI=1S/C25H23F3N6O3/c1-3-33-14-18(9-21(24(33)36)25(26,27)28)23(35)32-19-10-20(15(2)30-13-19)17-8-16(11-29)22(31-12-17)34-4-6-37-7-5-34/h8-10,12-14H,3-7H2,1-2H3,(H,32,35). The molecule has 1 amide bonds. The third-order valence-corrected chi connectivity index (χ3v) is 5.95. The highest BCUT2D eigenvalue weighted by molar-refractivity contribution is 6.04. The molecular weight excluding hydrogens is 489 g/mol. The molecule has 3 aromatic heterocycles. The summed E-state index contributed by atoms with van der Waals surface area (Å²) in [5, 5.41) is 12.3. The molecule has 0 unspecified atom stereocenters. The molecule has 3 aromatic rings. The first-order valence-electron chi connectivity index (χ1n) is 11.4. The molecule has 0 radical (unpaired) electrons. The Labute approximate surface area is 210 Å². The first-order chi connectivity index (χ1) is 17.6. The molecule has 4 rings (SSSR count). The Kier molecular flexibility index (Phi) is 7.26. The number of hydrogen-bond donors (Lipinski definition) is 1. The van der Waals surface area contributed by atoms with Crippen LogP contribution in [0.5, 0.6) is 0 Å². The van der Waals surface area contributed by atoms with Crippen molar-refractivity contribution in [1.82, 2.24) is 14.5 Å². The summed E-state index contributed by atoms with van der Waals surface area (Å²) in [5.74, 6) is -0.279. The van der Waals surface area contributed by atoms with Gasteiger partial charge in [0.2, 0.25) is 0 Å². The average molecular weight is 512 g/mol. The van der Waals surface area contributed by atoms with Crippen molar-refractivity contribution in [1.29, 1.82) is 5.26 Å². The van der Waals surface area contributed by atoms with Gasteiger partial charge in [0.25, 0.3) is 11.5 Å². The lowest BCUT2D eigenvalue weighted by molar-refractivity contribution is -0.139. The molecule has 4 heterocycles. The number of pyridine rings is 3. The predicted octanol–water partition coefficient (Wildman–Crippen LogP) is 3.61. The highest BCUT2D eigenvalue weighted by atomic mass is 19.4. The lowest BCUT2D eigenvalue weighted by atomic mass is 10.0. The number of aromatic nitrogens is 3. The third kappa shape index (κ3) is 5.46. The van der Waals surface area contributed by atoms with Gasteiger partial charge in [0.15, 0.2) is 0 Å². The largest absolute Gasteiger partial charge is 0.421 e. The number of carbonyl (C=O) groups excluding carboxylic acids is 1. The number of anilines is 2. The summed E-state index contributed by atoms with van der Waals surface area (Å²) >= 11 is 0. The molecule has 1 fully saturated rings. The molecule has 1 saturated heterocycles.